The first-order chi connectivity index (χ1) is 12.3. The lowest BCUT2D eigenvalue weighted by Crippen LogP contribution is -2.35. The van der Waals surface area contributed by atoms with E-state index >= 15 is 0 Å². The molecule has 0 bridgehead atoms. The molecule has 0 spiro atoms. The van der Waals surface area contributed by atoms with E-state index in [0.29, 0.717) is 13.1 Å². The number of carbonyl (C=O) groups is 1. The zero-order chi connectivity index (χ0) is 18.9. The van der Waals surface area contributed by atoms with Gasteiger partial charge in [-0.1, -0.05) is 24.6 Å². The lowest BCUT2D eigenvalue weighted by atomic mass is 9.90. The molecule has 0 radical (unpaired) electrons. The number of benzene rings is 1. The summed E-state index contributed by atoms with van der Waals surface area (Å²) in [5.41, 5.74) is 10.7. The van der Waals surface area contributed by atoms with Crippen molar-refractivity contribution in [2.45, 2.75) is 34.1 Å². The number of hydrogen-bond acceptors (Lipinski definition) is 4. The van der Waals surface area contributed by atoms with Crippen LogP contribution in [0.25, 0.3) is 5.69 Å². The number of carbonyl (C=O) groups excluding carboxylic acids is 1. The van der Waals surface area contributed by atoms with Gasteiger partial charge < -0.3 is 11.1 Å². The number of nitrogens with zero attached hydrogens (tertiary/aromatic N) is 3. The van der Waals surface area contributed by atoms with E-state index in [1.165, 1.54) is 5.56 Å². The number of aromatic nitrogens is 2. The zero-order valence-electron chi connectivity index (χ0n) is 16.2. The van der Waals surface area contributed by atoms with E-state index in [0.717, 1.165) is 42.3 Å². The molecule has 6 heteroatoms. The number of aryl methyl sites for hydroxylation is 2. The first kappa shape index (κ1) is 18.6. The zero-order valence-corrected chi connectivity index (χ0v) is 16.2. The molecule has 1 amide bonds. The second kappa shape index (κ2) is 7.21. The van der Waals surface area contributed by atoms with Crippen molar-refractivity contribution < 1.29 is 4.79 Å². The maximum atomic E-state index is 12.5. The number of likely N-dealkylation sites (tertiary alicyclic amines) is 1. The van der Waals surface area contributed by atoms with Gasteiger partial charge in [-0.3, -0.25) is 9.69 Å². The minimum atomic E-state index is 0.000859. The fourth-order valence-corrected chi connectivity index (χ4v) is 3.57. The summed E-state index contributed by atoms with van der Waals surface area (Å²) in [7, 11) is 0. The van der Waals surface area contributed by atoms with E-state index in [1.807, 2.05) is 30.7 Å². The summed E-state index contributed by atoms with van der Waals surface area (Å²) in [5.74, 6) is 0.000859. The first-order valence-electron chi connectivity index (χ1n) is 9.17. The van der Waals surface area contributed by atoms with Gasteiger partial charge in [0.25, 0.3) is 0 Å². The maximum Gasteiger partial charge on any atom is 0.238 e. The Kier molecular flexibility index (Phi) is 5.16. The highest BCUT2D eigenvalue weighted by atomic mass is 16.2. The SMILES string of the molecule is Cc1ccc(-n2nc(C)c(NC(=O)CN3CCC(C)(CN)C3)c2C)cc1. The number of nitrogens with one attached hydrogen (secondary N) is 1. The van der Waals surface area contributed by atoms with Gasteiger partial charge >= 0.3 is 0 Å². The summed E-state index contributed by atoms with van der Waals surface area (Å²) < 4.78 is 1.88. The Morgan fingerprint density at radius 2 is 1.96 bits per heavy atom. The molecule has 1 aliphatic rings. The maximum absolute atomic E-state index is 12.5. The fourth-order valence-electron chi connectivity index (χ4n) is 3.57. The number of nitrogens with two attached hydrogens (primary N) is 1. The molecule has 3 rings (SSSR count). The summed E-state index contributed by atoms with van der Waals surface area (Å²) in [5, 5.41) is 7.66. The Labute approximate surface area is 155 Å². The lowest BCUT2D eigenvalue weighted by Gasteiger charge is -2.22. The van der Waals surface area contributed by atoms with Gasteiger partial charge in [0, 0.05) is 6.54 Å². The van der Waals surface area contributed by atoms with Crippen LogP contribution in [0, 0.1) is 26.2 Å². The minimum absolute atomic E-state index is 0.000859. The third kappa shape index (κ3) is 3.81. The molecule has 140 valence electrons. The first-order valence-corrected chi connectivity index (χ1v) is 9.17. The molecule has 0 saturated carbocycles. The van der Waals surface area contributed by atoms with Gasteiger partial charge in [-0.15, -0.1) is 0 Å². The summed E-state index contributed by atoms with van der Waals surface area (Å²) in [6.07, 6.45) is 1.04. The third-order valence-corrected chi connectivity index (χ3v) is 5.33. The van der Waals surface area contributed by atoms with Gasteiger partial charge in [0.2, 0.25) is 5.91 Å². The van der Waals surface area contributed by atoms with Gasteiger partial charge in [0.15, 0.2) is 0 Å². The van der Waals surface area contributed by atoms with E-state index in [-0.39, 0.29) is 11.3 Å². The number of rotatable bonds is 5. The van der Waals surface area contributed by atoms with Crippen molar-refractivity contribution in [3.63, 3.8) is 0 Å². The topological polar surface area (TPSA) is 76.2 Å². The van der Waals surface area contributed by atoms with E-state index in [4.69, 9.17) is 5.73 Å². The molecule has 1 saturated heterocycles. The van der Waals surface area contributed by atoms with Gasteiger partial charge in [0.05, 0.1) is 29.3 Å². The Morgan fingerprint density at radius 3 is 2.58 bits per heavy atom. The summed E-state index contributed by atoms with van der Waals surface area (Å²) in [4.78, 5) is 14.7. The van der Waals surface area contributed by atoms with E-state index in [2.05, 4.69) is 41.3 Å². The molecule has 1 aromatic heterocycles. The molecule has 2 aromatic rings. The van der Waals surface area contributed by atoms with Crippen LogP contribution < -0.4 is 11.1 Å². The molecule has 1 fully saturated rings. The van der Waals surface area contributed by atoms with Crippen LogP contribution in [0.2, 0.25) is 0 Å². The van der Waals surface area contributed by atoms with Crippen molar-refractivity contribution in [3.05, 3.63) is 41.2 Å². The lowest BCUT2D eigenvalue weighted by molar-refractivity contribution is -0.117. The van der Waals surface area contributed by atoms with Crippen LogP contribution in [0.1, 0.15) is 30.3 Å². The van der Waals surface area contributed by atoms with Crippen LogP contribution in [0.15, 0.2) is 24.3 Å². The Balaban J connectivity index is 1.70. The van der Waals surface area contributed by atoms with E-state index in [1.54, 1.807) is 0 Å². The standard InChI is InChI=1S/C20H29N5O/c1-14-5-7-17(8-6-14)25-16(3)19(15(2)23-25)22-18(26)11-24-10-9-20(4,12-21)13-24/h5-8H,9-13,21H2,1-4H3,(H,22,26). The van der Waals surface area contributed by atoms with Gasteiger partial charge in [-0.25, -0.2) is 4.68 Å². The number of amides is 1. The Morgan fingerprint density at radius 1 is 1.27 bits per heavy atom. The van der Waals surface area contributed by atoms with Gasteiger partial charge in [-0.05, 0) is 57.8 Å². The molecule has 6 nitrogen and oxygen atoms in total. The van der Waals surface area contributed by atoms with Crippen molar-refractivity contribution in [3.8, 4) is 5.69 Å². The van der Waals surface area contributed by atoms with Crippen molar-refractivity contribution in [2.24, 2.45) is 11.1 Å². The van der Waals surface area contributed by atoms with E-state index in [9.17, 15) is 4.79 Å². The quantitative estimate of drug-likeness (QED) is 0.863. The van der Waals surface area contributed by atoms with Crippen LogP contribution in [-0.2, 0) is 4.79 Å². The Bertz CT molecular complexity index is 795. The summed E-state index contributed by atoms with van der Waals surface area (Å²) >= 11 is 0. The summed E-state index contributed by atoms with van der Waals surface area (Å²) in [6, 6.07) is 8.20. The predicted octanol–water partition coefficient (Wildman–Crippen LogP) is 2.41. The average Bonchev–Trinajstić information content (AvgIpc) is 3.11. The summed E-state index contributed by atoms with van der Waals surface area (Å²) in [6.45, 7) is 11.0. The second-order valence-corrected chi connectivity index (χ2v) is 7.82. The smallest absolute Gasteiger partial charge is 0.238 e. The molecular weight excluding hydrogens is 326 g/mol. The molecule has 1 aliphatic heterocycles. The number of anilines is 1. The normalized spacial score (nSPS) is 20.5. The highest BCUT2D eigenvalue weighted by Gasteiger charge is 2.33. The van der Waals surface area contributed by atoms with Crippen molar-refractivity contribution >= 4 is 11.6 Å². The molecule has 3 N–H and O–H groups in total. The largest absolute Gasteiger partial charge is 0.330 e. The van der Waals surface area contributed by atoms with Crippen LogP contribution in [0.4, 0.5) is 5.69 Å². The molecule has 2 heterocycles. The molecule has 0 aliphatic carbocycles. The average molecular weight is 355 g/mol. The molecule has 1 aromatic carbocycles. The molecular formula is C20H29N5O. The van der Waals surface area contributed by atoms with Crippen molar-refractivity contribution in [1.29, 1.82) is 0 Å². The highest BCUT2D eigenvalue weighted by molar-refractivity contribution is 5.93. The third-order valence-electron chi connectivity index (χ3n) is 5.33. The minimum Gasteiger partial charge on any atom is -0.330 e. The van der Waals surface area contributed by atoms with Gasteiger partial charge in [0.1, 0.15) is 0 Å². The molecule has 1 atom stereocenters. The van der Waals surface area contributed by atoms with E-state index < -0.39 is 0 Å². The Hall–Kier alpha value is -2.18. The van der Waals surface area contributed by atoms with Crippen molar-refractivity contribution in [2.75, 3.05) is 31.5 Å². The number of hydrogen-bond donors (Lipinski definition) is 2. The van der Waals surface area contributed by atoms with Crippen LogP contribution in [0.3, 0.4) is 0 Å². The fraction of sp³-hybridized carbons (Fsp3) is 0.500. The van der Waals surface area contributed by atoms with Crippen LogP contribution in [0.5, 0.6) is 0 Å². The van der Waals surface area contributed by atoms with Crippen molar-refractivity contribution in [1.82, 2.24) is 14.7 Å². The predicted molar refractivity (Wildman–Crippen MR) is 105 cm³/mol. The highest BCUT2D eigenvalue weighted by Crippen LogP contribution is 2.28. The molecule has 26 heavy (non-hydrogen) atoms. The van der Waals surface area contributed by atoms with Gasteiger partial charge in [-0.2, -0.15) is 5.10 Å². The van der Waals surface area contributed by atoms with Crippen LogP contribution >= 0.6 is 0 Å². The second-order valence-electron chi connectivity index (χ2n) is 7.82. The van der Waals surface area contributed by atoms with Crippen LogP contribution in [-0.4, -0.2) is 46.8 Å². The monoisotopic (exact) mass is 355 g/mol. The molecule has 1 unspecified atom stereocenters.